The molecule has 0 saturated heterocycles. The molecule has 1 aromatic heterocycles. The summed E-state index contributed by atoms with van der Waals surface area (Å²) < 4.78 is 27.9. The molecule has 0 saturated carbocycles. The predicted octanol–water partition coefficient (Wildman–Crippen LogP) is 4.73. The van der Waals surface area contributed by atoms with Crippen molar-refractivity contribution in [2.24, 2.45) is 0 Å². The van der Waals surface area contributed by atoms with Crippen LogP contribution in [0.4, 0.5) is 4.39 Å². The molecule has 1 aromatic carbocycles. The van der Waals surface area contributed by atoms with E-state index in [1.54, 1.807) is 55.1 Å². The fourth-order valence-electron chi connectivity index (χ4n) is 3.02. The number of hydrogen-bond donors (Lipinski definition) is 0. The molecular weight excluding hydrogens is 415 g/mol. The van der Waals surface area contributed by atoms with E-state index in [0.29, 0.717) is 4.47 Å². The van der Waals surface area contributed by atoms with Crippen LogP contribution in [0.2, 0.25) is 0 Å². The van der Waals surface area contributed by atoms with Gasteiger partial charge < -0.3 is 9.47 Å². The number of carbonyl (C=O) groups is 1. The zero-order chi connectivity index (χ0) is 19.6. The molecule has 2 aromatic rings. The van der Waals surface area contributed by atoms with Crippen molar-refractivity contribution in [3.8, 4) is 6.07 Å². The summed E-state index contributed by atoms with van der Waals surface area (Å²) in [5, 5.41) is 9.86. The van der Waals surface area contributed by atoms with Crippen LogP contribution < -0.4 is 0 Å². The first-order valence-electron chi connectivity index (χ1n) is 8.26. The zero-order valence-electron chi connectivity index (χ0n) is 14.7. The number of halogens is 2. The van der Waals surface area contributed by atoms with Gasteiger partial charge in [0.25, 0.3) is 0 Å². The van der Waals surface area contributed by atoms with Crippen molar-refractivity contribution in [1.29, 1.82) is 5.26 Å². The number of ether oxygens (including phenoxy) is 2. The molecule has 0 spiro atoms. The molecule has 7 heteroatoms. The number of carbonyl (C=O) groups excluding carboxylic acids is 1. The van der Waals surface area contributed by atoms with Gasteiger partial charge >= 0.3 is 5.97 Å². The molecule has 0 radical (unpaired) electrons. The Kier molecular flexibility index (Phi) is 5.47. The lowest BCUT2D eigenvalue weighted by molar-refractivity contribution is -0.139. The minimum absolute atomic E-state index is 0.112. The largest absolute Gasteiger partial charge is 0.463 e. The lowest BCUT2D eigenvalue weighted by atomic mass is 9.82. The Morgan fingerprint density at radius 2 is 2.11 bits per heavy atom. The molecule has 2 heterocycles. The van der Waals surface area contributed by atoms with Crippen molar-refractivity contribution >= 4 is 27.8 Å². The first-order chi connectivity index (χ1) is 13.0. The Hall–Kier alpha value is -2.85. The van der Waals surface area contributed by atoms with Gasteiger partial charge in [-0.3, -0.25) is 4.57 Å². The molecule has 0 bridgehead atoms. The maximum absolute atomic E-state index is 14.7. The van der Waals surface area contributed by atoms with Gasteiger partial charge in [0.15, 0.2) is 0 Å². The number of nitrogens with zero attached hydrogens (tertiary/aromatic N) is 2. The third-order valence-corrected chi connectivity index (χ3v) is 4.65. The predicted molar refractivity (Wildman–Crippen MR) is 101 cm³/mol. The van der Waals surface area contributed by atoms with E-state index >= 15 is 0 Å². The number of benzene rings is 1. The normalized spacial score (nSPS) is 16.8. The fraction of sp³-hybridized carbons (Fsp3) is 0.200. The van der Waals surface area contributed by atoms with Gasteiger partial charge in [-0.25, -0.2) is 9.18 Å². The number of nitriles is 1. The minimum Gasteiger partial charge on any atom is -0.463 e. The monoisotopic (exact) mass is 430 g/mol. The van der Waals surface area contributed by atoms with E-state index in [4.69, 9.17) is 9.47 Å². The molecule has 1 aliphatic rings. The van der Waals surface area contributed by atoms with Crippen LogP contribution in [0.15, 0.2) is 64.1 Å². The molecule has 5 nitrogen and oxygen atoms in total. The van der Waals surface area contributed by atoms with Gasteiger partial charge in [0.1, 0.15) is 23.2 Å². The molecule has 0 aliphatic carbocycles. The van der Waals surface area contributed by atoms with Gasteiger partial charge in [-0.1, -0.05) is 15.9 Å². The highest BCUT2D eigenvalue weighted by Gasteiger charge is 2.38. The summed E-state index contributed by atoms with van der Waals surface area (Å²) in [7, 11) is 0. The Morgan fingerprint density at radius 3 is 2.74 bits per heavy atom. The topological polar surface area (TPSA) is 64.2 Å². The molecule has 0 unspecified atom stereocenters. The molecule has 138 valence electrons. The van der Waals surface area contributed by atoms with Crippen LogP contribution in [0.25, 0.3) is 5.88 Å². The van der Waals surface area contributed by atoms with Crippen LogP contribution in [0.1, 0.15) is 25.3 Å². The highest BCUT2D eigenvalue weighted by molar-refractivity contribution is 9.10. The molecular formula is C20H16BrFN2O3. The van der Waals surface area contributed by atoms with Crippen molar-refractivity contribution in [1.82, 2.24) is 4.57 Å². The summed E-state index contributed by atoms with van der Waals surface area (Å²) >= 11 is 3.33. The van der Waals surface area contributed by atoms with Crippen LogP contribution in [0.5, 0.6) is 0 Å². The van der Waals surface area contributed by atoms with E-state index in [2.05, 4.69) is 22.0 Å². The molecule has 0 amide bonds. The first-order valence-corrected chi connectivity index (χ1v) is 9.05. The van der Waals surface area contributed by atoms with E-state index in [1.165, 1.54) is 6.07 Å². The van der Waals surface area contributed by atoms with Gasteiger partial charge in [-0.15, -0.1) is 0 Å². The van der Waals surface area contributed by atoms with Crippen LogP contribution in [-0.4, -0.2) is 17.1 Å². The molecule has 1 atom stereocenters. The quantitative estimate of drug-likeness (QED) is 0.657. The summed E-state index contributed by atoms with van der Waals surface area (Å²) in [6.07, 6.45) is 3.42. The molecule has 3 rings (SSSR count). The van der Waals surface area contributed by atoms with E-state index in [9.17, 15) is 14.4 Å². The highest BCUT2D eigenvalue weighted by Crippen LogP contribution is 2.43. The van der Waals surface area contributed by atoms with Crippen molar-refractivity contribution in [2.75, 3.05) is 6.61 Å². The standard InChI is InChI=1S/C20H16BrFN2O3/c1-3-26-20(25)17-12(2)27-19(24-8-4-5-9-24)15(11-23)18(17)14-10-13(21)6-7-16(14)22/h4-10,18H,3H2,1-2H3/t18-/m1/s1. The van der Waals surface area contributed by atoms with Gasteiger partial charge in [0.2, 0.25) is 5.88 Å². The van der Waals surface area contributed by atoms with Gasteiger partial charge in [0.05, 0.1) is 18.1 Å². The molecule has 27 heavy (non-hydrogen) atoms. The highest BCUT2D eigenvalue weighted by atomic mass is 79.9. The first kappa shape index (κ1) is 18.9. The summed E-state index contributed by atoms with van der Waals surface area (Å²) in [6.45, 7) is 3.44. The Morgan fingerprint density at radius 1 is 1.41 bits per heavy atom. The van der Waals surface area contributed by atoms with E-state index < -0.39 is 17.7 Å². The van der Waals surface area contributed by atoms with Crippen molar-refractivity contribution < 1.29 is 18.7 Å². The maximum atomic E-state index is 14.7. The van der Waals surface area contributed by atoms with Crippen LogP contribution in [0.3, 0.4) is 0 Å². The summed E-state index contributed by atoms with van der Waals surface area (Å²) in [4.78, 5) is 12.6. The number of allylic oxidation sites excluding steroid dienone is 2. The smallest absolute Gasteiger partial charge is 0.338 e. The second kappa shape index (κ2) is 7.80. The minimum atomic E-state index is -0.947. The Bertz CT molecular complexity index is 987. The van der Waals surface area contributed by atoms with E-state index in [-0.39, 0.29) is 35.0 Å². The number of hydrogen-bond acceptors (Lipinski definition) is 4. The third kappa shape index (κ3) is 3.53. The average molecular weight is 431 g/mol. The third-order valence-electron chi connectivity index (χ3n) is 4.16. The average Bonchev–Trinajstić information content (AvgIpc) is 3.17. The Labute approximate surface area is 164 Å². The van der Waals surface area contributed by atoms with Gasteiger partial charge in [-0.2, -0.15) is 5.26 Å². The fourth-order valence-corrected chi connectivity index (χ4v) is 3.40. The summed E-state index contributed by atoms with van der Waals surface area (Å²) in [5.74, 6) is -1.62. The number of esters is 1. The molecule has 1 aliphatic heterocycles. The van der Waals surface area contributed by atoms with E-state index in [0.717, 1.165) is 0 Å². The second-order valence-corrected chi connectivity index (χ2v) is 6.73. The Balaban J connectivity index is 2.28. The van der Waals surface area contributed by atoms with Crippen molar-refractivity contribution in [3.63, 3.8) is 0 Å². The summed E-state index contributed by atoms with van der Waals surface area (Å²) in [6, 6.07) is 10.1. The maximum Gasteiger partial charge on any atom is 0.338 e. The number of rotatable bonds is 4. The van der Waals surface area contributed by atoms with Crippen LogP contribution in [0, 0.1) is 17.1 Å². The summed E-state index contributed by atoms with van der Waals surface area (Å²) in [5.41, 5.74) is 0.425. The van der Waals surface area contributed by atoms with Gasteiger partial charge in [-0.05, 0) is 44.2 Å². The van der Waals surface area contributed by atoms with Crippen LogP contribution in [-0.2, 0) is 14.3 Å². The van der Waals surface area contributed by atoms with Crippen molar-refractivity contribution in [2.45, 2.75) is 19.8 Å². The van der Waals surface area contributed by atoms with Crippen molar-refractivity contribution in [3.05, 3.63) is 75.5 Å². The lowest BCUT2D eigenvalue weighted by Crippen LogP contribution is -2.24. The van der Waals surface area contributed by atoms with Crippen LogP contribution >= 0.6 is 15.9 Å². The van der Waals surface area contributed by atoms with E-state index in [1.807, 2.05) is 0 Å². The zero-order valence-corrected chi connectivity index (χ0v) is 16.3. The lowest BCUT2D eigenvalue weighted by Gasteiger charge is -2.29. The molecule has 0 N–H and O–H groups in total. The van der Waals surface area contributed by atoms with Gasteiger partial charge in [0, 0.05) is 22.4 Å². The molecule has 0 fully saturated rings. The SMILES string of the molecule is CCOC(=O)C1=C(C)OC(n2cccc2)=C(C#N)[C@H]1c1cc(Br)ccc1F. The number of aromatic nitrogens is 1. The second-order valence-electron chi connectivity index (χ2n) is 5.81.